The van der Waals surface area contributed by atoms with Gasteiger partial charge in [-0.25, -0.2) is 4.39 Å². The van der Waals surface area contributed by atoms with Crippen LogP contribution in [0.1, 0.15) is 5.56 Å². The third-order valence-electron chi connectivity index (χ3n) is 4.39. The Balaban J connectivity index is 2.12. The summed E-state index contributed by atoms with van der Waals surface area (Å²) in [5, 5.41) is 1.78. The van der Waals surface area contributed by atoms with Gasteiger partial charge in [0.1, 0.15) is 5.82 Å². The average molecular weight is 333 g/mol. The van der Waals surface area contributed by atoms with Gasteiger partial charge in [-0.15, -0.1) is 0 Å². The lowest BCUT2D eigenvalue weighted by atomic mass is 9.95. The van der Waals surface area contributed by atoms with Crippen molar-refractivity contribution >= 4 is 33.4 Å². The summed E-state index contributed by atoms with van der Waals surface area (Å²) in [4.78, 5) is 14.7. The predicted octanol–water partition coefficient (Wildman–Crippen LogP) is 3.74. The highest BCUT2D eigenvalue weighted by molar-refractivity contribution is 6.16. The lowest BCUT2D eigenvalue weighted by Crippen LogP contribution is -2.13. The van der Waals surface area contributed by atoms with Gasteiger partial charge >= 0.3 is 0 Å². The maximum absolute atomic E-state index is 14.4. The second kappa shape index (κ2) is 5.63. The summed E-state index contributed by atoms with van der Waals surface area (Å²) < 4.78 is 14.4. The fourth-order valence-electron chi connectivity index (χ4n) is 3.33. The molecule has 25 heavy (non-hydrogen) atoms. The van der Waals surface area contributed by atoms with Crippen molar-refractivity contribution < 1.29 is 9.18 Å². The number of primary amides is 1. The van der Waals surface area contributed by atoms with E-state index in [1.165, 1.54) is 6.07 Å². The fraction of sp³-hybridized carbons (Fsp3) is 0.0500. The zero-order valence-corrected chi connectivity index (χ0v) is 13.3. The lowest BCUT2D eigenvalue weighted by Gasteiger charge is -2.09. The third kappa shape index (κ3) is 2.50. The smallest absolute Gasteiger partial charge is 0.221 e. The van der Waals surface area contributed by atoms with Crippen LogP contribution in [0, 0.1) is 5.82 Å². The molecule has 0 saturated carbocycles. The molecule has 4 rings (SSSR count). The molecule has 124 valence electrons. The number of carbonyl (C=O) groups is 1. The number of anilines is 1. The van der Waals surface area contributed by atoms with Gasteiger partial charge in [0, 0.05) is 27.5 Å². The first-order chi connectivity index (χ1) is 12.0. The molecule has 5 N–H and O–H groups in total. The Kier molecular flexibility index (Phi) is 3.42. The van der Waals surface area contributed by atoms with Crippen molar-refractivity contribution in [2.75, 3.05) is 5.73 Å². The molecule has 4 aromatic rings. The number of H-pyrrole nitrogens is 1. The van der Waals surface area contributed by atoms with Gasteiger partial charge in [-0.2, -0.15) is 0 Å². The predicted molar refractivity (Wildman–Crippen MR) is 98.5 cm³/mol. The van der Waals surface area contributed by atoms with E-state index in [0.717, 1.165) is 32.9 Å². The van der Waals surface area contributed by atoms with Crippen molar-refractivity contribution in [2.24, 2.45) is 5.73 Å². The van der Waals surface area contributed by atoms with Gasteiger partial charge in [0.25, 0.3) is 0 Å². The van der Waals surface area contributed by atoms with E-state index in [1.807, 2.05) is 30.3 Å². The highest BCUT2D eigenvalue weighted by Crippen LogP contribution is 2.37. The Morgan fingerprint density at radius 1 is 1.04 bits per heavy atom. The SMILES string of the molecule is NC(=O)Cc1ccc(-c2ccccc2F)c2c1[nH]c1cc(N)ccc12. The first-order valence-electron chi connectivity index (χ1n) is 7.90. The van der Waals surface area contributed by atoms with Gasteiger partial charge in [0.15, 0.2) is 0 Å². The van der Waals surface area contributed by atoms with E-state index in [0.29, 0.717) is 11.3 Å². The average Bonchev–Trinajstić information content (AvgIpc) is 2.94. The highest BCUT2D eigenvalue weighted by atomic mass is 19.1. The monoisotopic (exact) mass is 333 g/mol. The van der Waals surface area contributed by atoms with E-state index < -0.39 is 5.91 Å². The van der Waals surface area contributed by atoms with Gasteiger partial charge in [0.05, 0.1) is 11.9 Å². The van der Waals surface area contributed by atoms with Gasteiger partial charge in [0.2, 0.25) is 5.91 Å². The zero-order valence-electron chi connectivity index (χ0n) is 13.3. The van der Waals surface area contributed by atoms with Crippen LogP contribution in [0.3, 0.4) is 0 Å². The number of nitrogens with one attached hydrogen (secondary N) is 1. The number of rotatable bonds is 3. The minimum absolute atomic E-state index is 0.107. The van der Waals surface area contributed by atoms with Crippen LogP contribution >= 0.6 is 0 Å². The molecule has 0 atom stereocenters. The van der Waals surface area contributed by atoms with Crippen molar-refractivity contribution in [1.82, 2.24) is 4.98 Å². The molecule has 1 aromatic heterocycles. The molecule has 0 unspecified atom stereocenters. The quantitative estimate of drug-likeness (QED) is 0.499. The largest absolute Gasteiger partial charge is 0.399 e. The molecule has 0 radical (unpaired) electrons. The Bertz CT molecular complexity index is 1130. The van der Waals surface area contributed by atoms with Crippen LogP contribution in [0.5, 0.6) is 0 Å². The van der Waals surface area contributed by atoms with Gasteiger partial charge in [-0.05, 0) is 29.3 Å². The van der Waals surface area contributed by atoms with Crippen LogP contribution in [0.4, 0.5) is 10.1 Å². The van der Waals surface area contributed by atoms with E-state index >= 15 is 0 Å². The van der Waals surface area contributed by atoms with Crippen LogP contribution in [0.2, 0.25) is 0 Å². The highest BCUT2D eigenvalue weighted by Gasteiger charge is 2.16. The van der Waals surface area contributed by atoms with Gasteiger partial charge in [-0.3, -0.25) is 4.79 Å². The van der Waals surface area contributed by atoms with E-state index in [2.05, 4.69) is 4.98 Å². The summed E-state index contributed by atoms with van der Waals surface area (Å²) >= 11 is 0. The molecular formula is C20H16FN3O. The maximum Gasteiger partial charge on any atom is 0.221 e. The number of hydrogen-bond acceptors (Lipinski definition) is 2. The molecular weight excluding hydrogens is 317 g/mol. The van der Waals surface area contributed by atoms with E-state index in [9.17, 15) is 9.18 Å². The molecule has 5 heteroatoms. The second-order valence-corrected chi connectivity index (χ2v) is 6.08. The van der Waals surface area contributed by atoms with Crippen LogP contribution in [0.15, 0.2) is 54.6 Å². The van der Waals surface area contributed by atoms with E-state index in [1.54, 1.807) is 18.2 Å². The molecule has 0 aliphatic rings. The van der Waals surface area contributed by atoms with Crippen molar-refractivity contribution in [2.45, 2.75) is 6.42 Å². The number of aromatic nitrogens is 1. The summed E-state index contributed by atoms with van der Waals surface area (Å²) in [5.41, 5.74) is 15.5. The molecule has 0 aliphatic heterocycles. The standard InChI is InChI=1S/C20H16FN3O/c21-16-4-2-1-3-13(16)14-7-5-11(9-18(23)25)20-19(14)15-8-6-12(22)10-17(15)24-20/h1-8,10,24H,9,22H2,(H2,23,25). The second-order valence-electron chi connectivity index (χ2n) is 6.08. The van der Waals surface area contributed by atoms with Crippen LogP contribution < -0.4 is 11.5 Å². The minimum atomic E-state index is -0.418. The topological polar surface area (TPSA) is 84.9 Å². The maximum atomic E-state index is 14.4. The minimum Gasteiger partial charge on any atom is -0.399 e. The first kappa shape index (κ1) is 15.2. The number of nitrogen functional groups attached to an aromatic ring is 1. The summed E-state index contributed by atoms with van der Waals surface area (Å²) in [6.07, 6.45) is 0.107. The molecule has 0 fully saturated rings. The zero-order chi connectivity index (χ0) is 17.6. The van der Waals surface area contributed by atoms with Crippen molar-refractivity contribution in [3.05, 3.63) is 66.0 Å². The summed E-state index contributed by atoms with van der Waals surface area (Å²) in [6.45, 7) is 0. The summed E-state index contributed by atoms with van der Waals surface area (Å²) in [6, 6.07) is 15.8. The number of nitrogens with two attached hydrogens (primary N) is 2. The van der Waals surface area contributed by atoms with Gasteiger partial charge in [-0.1, -0.05) is 36.4 Å². The fourth-order valence-corrected chi connectivity index (χ4v) is 3.33. The Morgan fingerprint density at radius 2 is 1.84 bits per heavy atom. The van der Waals surface area contributed by atoms with Gasteiger partial charge < -0.3 is 16.5 Å². The molecule has 4 nitrogen and oxygen atoms in total. The molecule has 3 aromatic carbocycles. The third-order valence-corrected chi connectivity index (χ3v) is 4.39. The molecule has 0 spiro atoms. The molecule has 0 saturated heterocycles. The van der Waals surface area contributed by atoms with Crippen molar-refractivity contribution in [1.29, 1.82) is 0 Å². The summed E-state index contributed by atoms with van der Waals surface area (Å²) in [5.74, 6) is -0.714. The number of aromatic amines is 1. The molecule has 0 aliphatic carbocycles. The Labute approximate surface area is 143 Å². The van der Waals surface area contributed by atoms with Crippen LogP contribution in [-0.2, 0) is 11.2 Å². The first-order valence-corrected chi connectivity index (χ1v) is 7.90. The van der Waals surface area contributed by atoms with E-state index in [4.69, 9.17) is 11.5 Å². The lowest BCUT2D eigenvalue weighted by molar-refractivity contribution is -0.117. The molecule has 1 amide bonds. The molecule has 1 heterocycles. The van der Waals surface area contributed by atoms with E-state index in [-0.39, 0.29) is 12.2 Å². The molecule has 0 bridgehead atoms. The number of hydrogen-bond donors (Lipinski definition) is 3. The summed E-state index contributed by atoms with van der Waals surface area (Å²) in [7, 11) is 0. The normalized spacial score (nSPS) is 11.2. The van der Waals surface area contributed by atoms with Crippen LogP contribution in [-0.4, -0.2) is 10.9 Å². The van der Waals surface area contributed by atoms with Crippen molar-refractivity contribution in [3.8, 4) is 11.1 Å². The number of amides is 1. The number of halogens is 1. The number of carbonyl (C=O) groups excluding carboxylic acids is 1. The van der Waals surface area contributed by atoms with Crippen molar-refractivity contribution in [3.63, 3.8) is 0 Å². The number of benzene rings is 3. The Hall–Kier alpha value is -3.34. The number of fused-ring (bicyclic) bond motifs is 3. The Morgan fingerprint density at radius 3 is 2.60 bits per heavy atom. The van der Waals surface area contributed by atoms with Crippen LogP contribution in [0.25, 0.3) is 32.9 Å².